The van der Waals surface area contributed by atoms with Crippen molar-refractivity contribution in [1.29, 1.82) is 0 Å². The van der Waals surface area contributed by atoms with E-state index in [1.54, 1.807) is 30.3 Å². The molecule has 0 aliphatic heterocycles. The molecule has 0 amide bonds. The topological polar surface area (TPSA) is 44.5 Å². The Morgan fingerprint density at radius 1 is 1.33 bits per heavy atom. The molecular formula is C15H13BrFNO2S. The molecule has 0 heterocycles. The van der Waals surface area contributed by atoms with E-state index in [9.17, 15) is 4.39 Å². The average Bonchev–Trinajstić information content (AvgIpc) is 2.46. The number of benzene rings is 2. The minimum atomic E-state index is -0.313. The summed E-state index contributed by atoms with van der Waals surface area (Å²) in [5.41, 5.74) is 6.73. The number of ether oxygens (including phenoxy) is 2. The highest BCUT2D eigenvalue weighted by molar-refractivity contribution is 9.10. The number of halogens is 2. The van der Waals surface area contributed by atoms with Gasteiger partial charge in [0.15, 0.2) is 11.5 Å². The minimum absolute atomic E-state index is 0.0913. The predicted octanol–water partition coefficient (Wildman–Crippen LogP) is 3.81. The Morgan fingerprint density at radius 3 is 2.67 bits per heavy atom. The van der Waals surface area contributed by atoms with Crippen LogP contribution >= 0.6 is 28.1 Å². The van der Waals surface area contributed by atoms with Crippen LogP contribution in [0, 0.1) is 5.82 Å². The van der Waals surface area contributed by atoms with Gasteiger partial charge in [0.25, 0.3) is 0 Å². The largest absolute Gasteiger partial charge is 0.493 e. The molecule has 6 heteroatoms. The van der Waals surface area contributed by atoms with E-state index in [1.807, 2.05) is 0 Å². The third-order valence-electron chi connectivity index (χ3n) is 2.84. The highest BCUT2D eigenvalue weighted by Crippen LogP contribution is 2.37. The third-order valence-corrected chi connectivity index (χ3v) is 3.67. The maximum Gasteiger partial charge on any atom is 0.175 e. The van der Waals surface area contributed by atoms with Gasteiger partial charge in [-0.2, -0.15) is 0 Å². The van der Waals surface area contributed by atoms with E-state index in [4.69, 9.17) is 27.4 Å². The van der Waals surface area contributed by atoms with Crippen molar-refractivity contribution in [1.82, 2.24) is 0 Å². The molecule has 0 saturated carbocycles. The molecule has 0 atom stereocenters. The molecular weight excluding hydrogens is 357 g/mol. The monoisotopic (exact) mass is 369 g/mol. The fraction of sp³-hybridized carbons (Fsp3) is 0.133. The molecule has 2 rings (SSSR count). The molecule has 2 aromatic carbocycles. The van der Waals surface area contributed by atoms with Crippen molar-refractivity contribution >= 4 is 33.1 Å². The normalized spacial score (nSPS) is 10.2. The van der Waals surface area contributed by atoms with E-state index >= 15 is 0 Å². The molecule has 2 N–H and O–H groups in total. The van der Waals surface area contributed by atoms with E-state index in [-0.39, 0.29) is 17.4 Å². The van der Waals surface area contributed by atoms with Gasteiger partial charge in [-0.1, -0.05) is 30.4 Å². The summed E-state index contributed by atoms with van der Waals surface area (Å²) in [5, 5.41) is 0. The van der Waals surface area contributed by atoms with Crippen LogP contribution in [-0.2, 0) is 6.61 Å². The lowest BCUT2D eigenvalue weighted by Crippen LogP contribution is -2.10. The van der Waals surface area contributed by atoms with E-state index in [0.717, 1.165) is 0 Å². The van der Waals surface area contributed by atoms with Crippen LogP contribution in [0.2, 0.25) is 0 Å². The molecule has 0 aromatic heterocycles. The number of methoxy groups -OCH3 is 1. The molecule has 0 saturated heterocycles. The maximum atomic E-state index is 13.6. The highest BCUT2D eigenvalue weighted by Gasteiger charge is 2.13. The summed E-state index contributed by atoms with van der Waals surface area (Å²) < 4.78 is 25.2. The molecule has 0 aliphatic rings. The summed E-state index contributed by atoms with van der Waals surface area (Å²) >= 11 is 8.33. The molecule has 0 fully saturated rings. The van der Waals surface area contributed by atoms with Crippen molar-refractivity contribution in [3.05, 3.63) is 57.8 Å². The second kappa shape index (κ2) is 6.87. The van der Waals surface area contributed by atoms with Crippen LogP contribution < -0.4 is 15.2 Å². The molecule has 0 unspecified atom stereocenters. The number of thiocarbonyl (C=S) groups is 1. The first kappa shape index (κ1) is 15.7. The summed E-state index contributed by atoms with van der Waals surface area (Å²) in [4.78, 5) is 0.259. The van der Waals surface area contributed by atoms with Crippen molar-refractivity contribution < 1.29 is 13.9 Å². The number of rotatable bonds is 5. The summed E-state index contributed by atoms with van der Waals surface area (Å²) in [6, 6.07) is 9.86. The van der Waals surface area contributed by atoms with Gasteiger partial charge < -0.3 is 15.2 Å². The Kier molecular flexibility index (Phi) is 5.14. The molecule has 0 aliphatic carbocycles. The number of nitrogens with two attached hydrogens (primary N) is 1. The van der Waals surface area contributed by atoms with Crippen molar-refractivity contribution in [3.8, 4) is 11.5 Å². The third kappa shape index (κ3) is 3.71. The van der Waals surface area contributed by atoms with E-state index in [1.165, 1.54) is 13.2 Å². The SMILES string of the molecule is COc1cc(C(N)=S)cc(Br)c1OCc1ccccc1F. The van der Waals surface area contributed by atoms with Gasteiger partial charge in [-0.25, -0.2) is 4.39 Å². The first-order chi connectivity index (χ1) is 10.0. The van der Waals surface area contributed by atoms with Crippen LogP contribution in [0.5, 0.6) is 11.5 Å². The second-order valence-electron chi connectivity index (χ2n) is 4.23. The second-order valence-corrected chi connectivity index (χ2v) is 5.53. The Hall–Kier alpha value is -1.66. The average molecular weight is 370 g/mol. The Morgan fingerprint density at radius 2 is 2.05 bits per heavy atom. The summed E-state index contributed by atoms with van der Waals surface area (Å²) in [7, 11) is 1.51. The molecule has 0 bridgehead atoms. The Balaban J connectivity index is 2.28. The van der Waals surface area contributed by atoms with Crippen LogP contribution in [-0.4, -0.2) is 12.1 Å². The standard InChI is InChI=1S/C15H13BrFNO2S/c1-19-13-7-10(15(18)21)6-11(16)14(13)20-8-9-4-2-3-5-12(9)17/h2-7H,8H2,1H3,(H2,18,21). The van der Waals surface area contributed by atoms with Gasteiger partial charge in [0.05, 0.1) is 11.6 Å². The van der Waals surface area contributed by atoms with Crippen LogP contribution in [0.15, 0.2) is 40.9 Å². The van der Waals surface area contributed by atoms with Crippen molar-refractivity contribution in [2.75, 3.05) is 7.11 Å². The van der Waals surface area contributed by atoms with Gasteiger partial charge in [-0.3, -0.25) is 0 Å². The Bertz CT molecular complexity index is 679. The zero-order valence-corrected chi connectivity index (χ0v) is 13.6. The van der Waals surface area contributed by atoms with E-state index in [0.29, 0.717) is 27.1 Å². The van der Waals surface area contributed by atoms with E-state index in [2.05, 4.69) is 15.9 Å². The summed E-state index contributed by atoms with van der Waals surface area (Å²) in [6.45, 7) is 0.0913. The van der Waals surface area contributed by atoms with Gasteiger partial charge in [0, 0.05) is 11.1 Å². The molecule has 0 spiro atoms. The molecule has 110 valence electrons. The smallest absolute Gasteiger partial charge is 0.175 e. The highest BCUT2D eigenvalue weighted by atomic mass is 79.9. The fourth-order valence-corrected chi connectivity index (χ4v) is 2.44. The predicted molar refractivity (Wildman–Crippen MR) is 87.3 cm³/mol. The quantitative estimate of drug-likeness (QED) is 0.813. The lowest BCUT2D eigenvalue weighted by Gasteiger charge is -2.14. The Labute approximate surface area is 136 Å². The number of hydrogen-bond donors (Lipinski definition) is 1. The van der Waals surface area contributed by atoms with Crippen LogP contribution in [0.3, 0.4) is 0 Å². The first-order valence-electron chi connectivity index (χ1n) is 6.06. The molecule has 3 nitrogen and oxygen atoms in total. The summed E-state index contributed by atoms with van der Waals surface area (Å²) in [5.74, 6) is 0.636. The van der Waals surface area contributed by atoms with Crippen LogP contribution in [0.25, 0.3) is 0 Å². The zero-order chi connectivity index (χ0) is 15.4. The maximum absolute atomic E-state index is 13.6. The van der Waals surface area contributed by atoms with Gasteiger partial charge in [-0.05, 0) is 34.1 Å². The van der Waals surface area contributed by atoms with Crippen molar-refractivity contribution in [2.45, 2.75) is 6.61 Å². The zero-order valence-electron chi connectivity index (χ0n) is 11.2. The van der Waals surface area contributed by atoms with Gasteiger partial charge in [0.1, 0.15) is 17.4 Å². The van der Waals surface area contributed by atoms with E-state index < -0.39 is 0 Å². The van der Waals surface area contributed by atoms with Crippen molar-refractivity contribution in [2.24, 2.45) is 5.73 Å². The number of hydrogen-bond acceptors (Lipinski definition) is 3. The van der Waals surface area contributed by atoms with Gasteiger partial charge in [-0.15, -0.1) is 0 Å². The lowest BCUT2D eigenvalue weighted by molar-refractivity contribution is 0.278. The molecule has 21 heavy (non-hydrogen) atoms. The summed E-state index contributed by atoms with van der Waals surface area (Å²) in [6.07, 6.45) is 0. The van der Waals surface area contributed by atoms with Crippen molar-refractivity contribution in [3.63, 3.8) is 0 Å². The molecule has 2 aromatic rings. The van der Waals surface area contributed by atoms with Gasteiger partial charge >= 0.3 is 0 Å². The fourth-order valence-electron chi connectivity index (χ4n) is 1.77. The van der Waals surface area contributed by atoms with Crippen LogP contribution in [0.4, 0.5) is 4.39 Å². The first-order valence-corrected chi connectivity index (χ1v) is 7.26. The van der Waals surface area contributed by atoms with Gasteiger partial charge in [0.2, 0.25) is 0 Å². The lowest BCUT2D eigenvalue weighted by atomic mass is 10.2. The molecule has 0 radical (unpaired) electrons. The van der Waals surface area contributed by atoms with Crippen LogP contribution in [0.1, 0.15) is 11.1 Å². The minimum Gasteiger partial charge on any atom is -0.493 e.